The highest BCUT2D eigenvalue weighted by molar-refractivity contribution is 5.80. The van der Waals surface area contributed by atoms with Crippen LogP contribution in [0.2, 0.25) is 0 Å². The number of nitrogens with one attached hydrogen (secondary N) is 1. The molecule has 494 valence electrons. The van der Waals surface area contributed by atoms with Crippen molar-refractivity contribution in [3.63, 3.8) is 0 Å². The molecule has 0 bridgehead atoms. The smallest absolute Gasteiger partial charge is 0.249 e. The second-order valence-electron chi connectivity index (χ2n) is 25.3. The fourth-order valence-electron chi connectivity index (χ4n) is 11.6. The first-order valence-corrected chi connectivity index (χ1v) is 36.0. The van der Waals surface area contributed by atoms with Crippen LogP contribution < -0.4 is 5.32 Å². The van der Waals surface area contributed by atoms with Crippen molar-refractivity contribution in [2.75, 3.05) is 13.2 Å². The number of unbranched alkanes of at least 4 members (excludes halogenated alkanes) is 43. The van der Waals surface area contributed by atoms with Gasteiger partial charge in [-0.05, 0) is 83.5 Å². The molecule has 0 radical (unpaired) electrons. The normalized spacial score (nSPS) is 19.2. The van der Waals surface area contributed by atoms with Gasteiger partial charge in [-0.25, -0.2) is 0 Å². The Morgan fingerprint density at radius 2 is 0.750 bits per heavy atom. The lowest BCUT2D eigenvalue weighted by molar-refractivity contribution is -0.303. The van der Waals surface area contributed by atoms with Crippen LogP contribution in [0.25, 0.3) is 0 Å². The van der Waals surface area contributed by atoms with E-state index < -0.39 is 74.2 Å². The van der Waals surface area contributed by atoms with Crippen molar-refractivity contribution < 1.29 is 50.0 Å². The van der Waals surface area contributed by atoms with Crippen LogP contribution >= 0.6 is 0 Å². The molecule has 84 heavy (non-hydrogen) atoms. The van der Waals surface area contributed by atoms with E-state index in [-0.39, 0.29) is 12.8 Å². The van der Waals surface area contributed by atoms with Gasteiger partial charge in [-0.2, -0.15) is 0 Å². The van der Waals surface area contributed by atoms with Gasteiger partial charge in [0.2, 0.25) is 5.91 Å². The van der Waals surface area contributed by atoms with E-state index >= 15 is 0 Å². The Bertz CT molecular complexity index is 1510. The number of carbonyl (C=O) groups excluding carboxylic acids is 1. The first kappa shape index (κ1) is 80.1. The summed E-state index contributed by atoms with van der Waals surface area (Å²) in [7, 11) is 0. The Kier molecular flexibility index (Phi) is 58.5. The third kappa shape index (κ3) is 48.1. The van der Waals surface area contributed by atoms with Gasteiger partial charge in [0, 0.05) is 0 Å². The van der Waals surface area contributed by atoms with Crippen LogP contribution in [0.15, 0.2) is 48.6 Å². The minimum Gasteiger partial charge on any atom is -0.394 e. The van der Waals surface area contributed by atoms with E-state index in [0.29, 0.717) is 19.3 Å². The maximum atomic E-state index is 13.2. The molecule has 9 unspecified atom stereocenters. The number of aliphatic hydroxyl groups is 7. The molecule has 1 amide bonds. The third-order valence-electron chi connectivity index (χ3n) is 17.3. The number of aliphatic hydroxyl groups excluding tert-OH is 7. The first-order valence-electron chi connectivity index (χ1n) is 36.0. The van der Waals surface area contributed by atoms with Crippen LogP contribution in [-0.2, 0) is 14.3 Å². The predicted octanol–water partition coefficient (Wildman–Crippen LogP) is 17.5. The molecule has 1 rings (SSSR count). The highest BCUT2D eigenvalue weighted by Gasteiger charge is 2.44. The van der Waals surface area contributed by atoms with Crippen molar-refractivity contribution in [2.45, 2.75) is 396 Å². The molecule has 1 aliphatic heterocycles. The van der Waals surface area contributed by atoms with Crippen molar-refractivity contribution in [1.29, 1.82) is 0 Å². The standard InChI is InChI=1S/C73H137NO10/c1-3-5-7-9-11-13-15-17-19-21-23-24-25-26-27-28-29-30-31-32-33-34-35-36-37-38-39-40-41-43-45-47-49-51-53-55-57-59-61-66(77)72(82)74-64(63-83-73-71(81)70(80)69(79)67(62-75)84-73)68(78)65(76)60-58-56-54-52-50-48-46-44-42-22-20-18-16-14-12-10-8-6-4-2/h29-30,32-33,44,46,52,54,64-71,73,75-81H,3-28,31,34-43,45,47-51,53,55-63H2,1-2H3,(H,74,82)/b30-29-,33-32-,46-44+,54-52+. The third-order valence-corrected chi connectivity index (χ3v) is 17.3. The second-order valence-corrected chi connectivity index (χ2v) is 25.3. The number of hydrogen-bond donors (Lipinski definition) is 8. The highest BCUT2D eigenvalue weighted by atomic mass is 16.7. The molecule has 9 atom stereocenters. The van der Waals surface area contributed by atoms with Crippen molar-refractivity contribution in [3.05, 3.63) is 48.6 Å². The Morgan fingerprint density at radius 3 is 1.13 bits per heavy atom. The summed E-state index contributed by atoms with van der Waals surface area (Å²) in [6.45, 7) is 3.48. The SMILES string of the molecule is CCCCCCCCCCCC/C=C/CC/C=C/CCCC(O)C(O)C(COC1OC(CO)C(O)C(O)C1O)NC(=O)C(O)CCCCCCCCCCCCCCCCCC/C=C\C/C=C\CCCCCCCCCCCCCCCCC. The zero-order chi connectivity index (χ0) is 61.0. The maximum absolute atomic E-state index is 13.2. The minimum absolute atomic E-state index is 0.246. The largest absolute Gasteiger partial charge is 0.394 e. The van der Waals surface area contributed by atoms with E-state index in [1.54, 1.807) is 0 Å². The molecule has 0 aromatic rings. The minimum atomic E-state index is -1.67. The lowest BCUT2D eigenvalue weighted by atomic mass is 9.98. The summed E-state index contributed by atoms with van der Waals surface area (Å²) < 4.78 is 11.2. The summed E-state index contributed by atoms with van der Waals surface area (Å²) in [6, 6.07) is -1.19. The fraction of sp³-hybridized carbons (Fsp3) is 0.877. The van der Waals surface area contributed by atoms with E-state index in [2.05, 4.69) is 67.8 Å². The summed E-state index contributed by atoms with van der Waals surface area (Å²) >= 11 is 0. The average molecular weight is 1190 g/mol. The molecule has 1 saturated heterocycles. The van der Waals surface area contributed by atoms with E-state index in [9.17, 15) is 40.5 Å². The van der Waals surface area contributed by atoms with Crippen molar-refractivity contribution in [1.82, 2.24) is 5.32 Å². The predicted molar refractivity (Wildman–Crippen MR) is 353 cm³/mol. The molecule has 11 heteroatoms. The van der Waals surface area contributed by atoms with Crippen molar-refractivity contribution >= 4 is 5.91 Å². The second kappa shape index (κ2) is 61.3. The zero-order valence-electron chi connectivity index (χ0n) is 54.6. The van der Waals surface area contributed by atoms with Gasteiger partial charge in [0.05, 0.1) is 25.4 Å². The van der Waals surface area contributed by atoms with Gasteiger partial charge in [-0.3, -0.25) is 4.79 Å². The molecule has 1 aliphatic rings. The monoisotopic (exact) mass is 1190 g/mol. The van der Waals surface area contributed by atoms with E-state index in [1.807, 2.05) is 0 Å². The summed E-state index contributed by atoms with van der Waals surface area (Å²) in [5, 5.41) is 76.4. The molecule has 1 heterocycles. The molecular formula is C73H137NO10. The van der Waals surface area contributed by atoms with E-state index in [1.165, 1.54) is 250 Å². The Balaban J connectivity index is 2.15. The first-order chi connectivity index (χ1) is 41.2. The van der Waals surface area contributed by atoms with Crippen LogP contribution in [0, 0.1) is 0 Å². The lowest BCUT2D eigenvalue weighted by Crippen LogP contribution is -2.60. The van der Waals surface area contributed by atoms with Crippen LogP contribution in [0.4, 0.5) is 0 Å². The average Bonchev–Trinajstić information content (AvgIpc) is 3.66. The van der Waals surface area contributed by atoms with E-state index in [4.69, 9.17) is 9.47 Å². The Labute approximate surface area is 517 Å². The van der Waals surface area contributed by atoms with Gasteiger partial charge < -0.3 is 50.5 Å². The molecule has 0 aromatic carbocycles. The van der Waals surface area contributed by atoms with Crippen molar-refractivity contribution in [2.24, 2.45) is 0 Å². The van der Waals surface area contributed by atoms with Crippen LogP contribution in [0.5, 0.6) is 0 Å². The zero-order valence-corrected chi connectivity index (χ0v) is 54.6. The van der Waals surface area contributed by atoms with Crippen LogP contribution in [0.3, 0.4) is 0 Å². The van der Waals surface area contributed by atoms with Crippen molar-refractivity contribution in [3.8, 4) is 0 Å². The fourth-order valence-corrected chi connectivity index (χ4v) is 11.6. The Hall–Kier alpha value is -1.93. The van der Waals surface area contributed by atoms with Gasteiger partial charge in [-0.15, -0.1) is 0 Å². The molecule has 0 aromatic heterocycles. The molecule has 11 nitrogen and oxygen atoms in total. The number of amides is 1. The summed E-state index contributed by atoms with van der Waals surface area (Å²) in [5.74, 6) is -0.707. The topological polar surface area (TPSA) is 189 Å². The number of ether oxygens (including phenoxy) is 2. The number of carbonyl (C=O) groups is 1. The molecule has 0 spiro atoms. The molecule has 0 aliphatic carbocycles. The van der Waals surface area contributed by atoms with Gasteiger partial charge >= 0.3 is 0 Å². The lowest BCUT2D eigenvalue weighted by Gasteiger charge is -2.40. The van der Waals surface area contributed by atoms with Gasteiger partial charge in [0.15, 0.2) is 6.29 Å². The van der Waals surface area contributed by atoms with Gasteiger partial charge in [-0.1, -0.05) is 306 Å². The molecule has 0 saturated carbocycles. The number of hydrogen-bond acceptors (Lipinski definition) is 10. The van der Waals surface area contributed by atoms with Gasteiger partial charge in [0.25, 0.3) is 0 Å². The summed E-state index contributed by atoms with van der Waals surface area (Å²) in [5.41, 5.74) is 0. The maximum Gasteiger partial charge on any atom is 0.249 e. The number of allylic oxidation sites excluding steroid dienone is 8. The van der Waals surface area contributed by atoms with Crippen LogP contribution in [0.1, 0.15) is 341 Å². The van der Waals surface area contributed by atoms with Crippen LogP contribution in [-0.4, -0.2) is 110 Å². The molecular weight excluding hydrogens is 1050 g/mol. The highest BCUT2D eigenvalue weighted by Crippen LogP contribution is 2.24. The summed E-state index contributed by atoms with van der Waals surface area (Å²) in [6.07, 6.45) is 69.3. The quantitative estimate of drug-likeness (QED) is 0.0215. The molecule has 8 N–H and O–H groups in total. The summed E-state index contributed by atoms with van der Waals surface area (Å²) in [4.78, 5) is 13.2. The van der Waals surface area contributed by atoms with E-state index in [0.717, 1.165) is 44.9 Å². The van der Waals surface area contributed by atoms with Gasteiger partial charge in [0.1, 0.15) is 36.6 Å². The Morgan fingerprint density at radius 1 is 0.417 bits per heavy atom. The molecule has 1 fully saturated rings. The number of rotatable bonds is 63.